The fourth-order valence-electron chi connectivity index (χ4n) is 1.97. The first-order valence-corrected chi connectivity index (χ1v) is 10.8. The monoisotopic (exact) mass is 460 g/mol. The molecule has 3 rings (SSSR count). The molecule has 3 aromatic rings. The van der Waals surface area contributed by atoms with E-state index in [4.69, 9.17) is 11.6 Å². The van der Waals surface area contributed by atoms with Gasteiger partial charge in [-0.3, -0.25) is 4.79 Å². The summed E-state index contributed by atoms with van der Waals surface area (Å²) in [5.41, 5.74) is 2.62. The minimum absolute atomic E-state index is 0.219. The number of aryl methyl sites for hydroxylation is 1. The fraction of sp³-hybridized carbons (Fsp3) is 0.125. The van der Waals surface area contributed by atoms with Crippen LogP contribution in [0.3, 0.4) is 0 Å². The van der Waals surface area contributed by atoms with Crippen LogP contribution in [0, 0.1) is 6.92 Å². The maximum Gasteiger partial charge on any atom is 0.226 e. The maximum atomic E-state index is 11.4. The van der Waals surface area contributed by atoms with Crippen LogP contribution in [-0.4, -0.2) is 15.9 Å². The zero-order valence-corrected chi connectivity index (χ0v) is 17.7. The summed E-state index contributed by atoms with van der Waals surface area (Å²) in [5.74, 6) is 1.81. The van der Waals surface area contributed by atoms with Crippen LogP contribution in [0.2, 0.25) is 5.02 Å². The Morgan fingerprint density at radius 2 is 2.04 bits per heavy atom. The molecule has 0 saturated carbocycles. The van der Waals surface area contributed by atoms with Gasteiger partial charge < -0.3 is 5.32 Å². The van der Waals surface area contributed by atoms with E-state index in [0.717, 1.165) is 27.0 Å². The summed E-state index contributed by atoms with van der Waals surface area (Å²) in [6, 6.07) is 9.36. The summed E-state index contributed by atoms with van der Waals surface area (Å²) in [5, 5.41) is 6.35. The van der Waals surface area contributed by atoms with Crippen LogP contribution in [0.4, 0.5) is 10.8 Å². The van der Waals surface area contributed by atoms with Crippen molar-refractivity contribution in [2.24, 2.45) is 0 Å². The van der Waals surface area contributed by atoms with Crippen LogP contribution < -0.4 is 5.32 Å². The third kappa shape index (κ3) is 4.61. The summed E-state index contributed by atoms with van der Waals surface area (Å²) >= 11 is 15.9. The quantitative estimate of drug-likeness (QED) is 0.337. The molecule has 1 N–H and O–H groups in total. The van der Waals surface area contributed by atoms with Crippen LogP contribution in [0.5, 0.6) is 0 Å². The number of thiophene rings is 1. The van der Waals surface area contributed by atoms with Gasteiger partial charge in [-0.2, -0.15) is 0 Å². The van der Waals surface area contributed by atoms with Gasteiger partial charge in [-0.05, 0) is 31.0 Å². The highest BCUT2D eigenvalue weighted by Gasteiger charge is 2.14. The van der Waals surface area contributed by atoms with Crippen LogP contribution in [0.1, 0.15) is 14.5 Å². The molecule has 8 heteroatoms. The lowest BCUT2D eigenvalue weighted by atomic mass is 10.2. The molecule has 126 valence electrons. The smallest absolute Gasteiger partial charge is 0.226 e. The highest BCUT2D eigenvalue weighted by atomic mass is 79.9. The number of anilines is 2. The van der Waals surface area contributed by atoms with E-state index < -0.39 is 0 Å². The number of carbonyl (C=O) groups is 1. The van der Waals surface area contributed by atoms with E-state index in [0.29, 0.717) is 9.90 Å². The van der Waals surface area contributed by atoms with E-state index >= 15 is 0 Å². The molecule has 0 aliphatic heterocycles. The fourth-order valence-corrected chi connectivity index (χ4v) is 3.95. The average Bonchev–Trinajstić information content (AvgIpc) is 3.18. The minimum Gasteiger partial charge on any atom is -0.330 e. The number of para-hydroxylation sites is 1. The molecule has 0 aliphatic rings. The maximum absolute atomic E-state index is 11.4. The van der Waals surface area contributed by atoms with Gasteiger partial charge in [0.2, 0.25) is 5.12 Å². The van der Waals surface area contributed by atoms with Crippen LogP contribution in [-0.2, 0) is 0 Å². The predicted octanol–water partition coefficient (Wildman–Crippen LogP) is 6.66. The molecule has 0 unspecified atom stereocenters. The molecule has 0 saturated heterocycles. The van der Waals surface area contributed by atoms with Crippen molar-refractivity contribution in [2.75, 3.05) is 11.1 Å². The van der Waals surface area contributed by atoms with Gasteiger partial charge in [-0.15, -0.1) is 22.7 Å². The van der Waals surface area contributed by atoms with Crippen molar-refractivity contribution < 1.29 is 4.79 Å². The van der Waals surface area contributed by atoms with E-state index in [-0.39, 0.29) is 5.12 Å². The molecule has 0 atom stereocenters. The van der Waals surface area contributed by atoms with E-state index in [2.05, 4.69) is 38.9 Å². The van der Waals surface area contributed by atoms with Gasteiger partial charge in [0.15, 0.2) is 5.13 Å². The Kier molecular flexibility index (Phi) is 7.31. The number of hydrogen-bond acceptors (Lipinski definition) is 5. The Morgan fingerprint density at radius 1 is 1.33 bits per heavy atom. The van der Waals surface area contributed by atoms with Crippen LogP contribution in [0.25, 0.3) is 11.3 Å². The van der Waals surface area contributed by atoms with E-state index in [9.17, 15) is 4.79 Å². The molecular formula is C16H14BrClN2OS3. The highest BCUT2D eigenvalue weighted by molar-refractivity contribution is 9.08. The topological polar surface area (TPSA) is 42.0 Å². The molecule has 0 spiro atoms. The largest absolute Gasteiger partial charge is 0.330 e. The zero-order valence-electron chi connectivity index (χ0n) is 12.8. The second kappa shape index (κ2) is 9.01. The van der Waals surface area contributed by atoms with Gasteiger partial charge in [-0.25, -0.2) is 4.98 Å². The lowest BCUT2D eigenvalue weighted by molar-refractivity contribution is 0.109. The van der Waals surface area contributed by atoms with Crippen molar-refractivity contribution >= 4 is 78.8 Å². The van der Waals surface area contributed by atoms with E-state index in [1.807, 2.05) is 48.5 Å². The van der Waals surface area contributed by atoms with Crippen molar-refractivity contribution in [1.82, 2.24) is 4.98 Å². The van der Waals surface area contributed by atoms with E-state index in [1.165, 1.54) is 22.7 Å². The number of alkyl halides is 1. The lowest BCUT2D eigenvalue weighted by Gasteiger charge is -2.03. The van der Waals surface area contributed by atoms with Crippen molar-refractivity contribution in [3.63, 3.8) is 0 Å². The van der Waals surface area contributed by atoms with Gasteiger partial charge in [-0.1, -0.05) is 52.3 Å². The summed E-state index contributed by atoms with van der Waals surface area (Å²) in [7, 11) is 0. The number of benzene rings is 1. The van der Waals surface area contributed by atoms with Crippen molar-refractivity contribution in [3.8, 4) is 11.3 Å². The SMILES string of the molecule is CBr.Cc1sc(C(=O)S)cc1-c1csc(Nc2ccccc2Cl)n1. The van der Waals surface area contributed by atoms with Crippen molar-refractivity contribution in [3.05, 3.63) is 50.5 Å². The van der Waals surface area contributed by atoms with E-state index in [1.54, 1.807) is 0 Å². The van der Waals surface area contributed by atoms with Gasteiger partial charge in [0.05, 0.1) is 21.3 Å². The number of nitrogens with zero attached hydrogens (tertiary/aromatic N) is 1. The number of rotatable bonds is 4. The third-order valence-electron chi connectivity index (χ3n) is 3.02. The number of hydrogen-bond donors (Lipinski definition) is 2. The van der Waals surface area contributed by atoms with Gasteiger partial charge >= 0.3 is 0 Å². The first kappa shape index (κ1) is 19.5. The van der Waals surface area contributed by atoms with Crippen molar-refractivity contribution in [2.45, 2.75) is 6.92 Å². The highest BCUT2D eigenvalue weighted by Crippen LogP contribution is 2.35. The number of thiol groups is 1. The zero-order chi connectivity index (χ0) is 17.7. The molecule has 1 aromatic carbocycles. The Morgan fingerprint density at radius 3 is 2.67 bits per heavy atom. The van der Waals surface area contributed by atoms with Gasteiger partial charge in [0.1, 0.15) is 0 Å². The Balaban J connectivity index is 0.00000100. The molecule has 2 aromatic heterocycles. The second-order valence-electron chi connectivity index (χ2n) is 4.53. The molecule has 0 radical (unpaired) electrons. The summed E-state index contributed by atoms with van der Waals surface area (Å²) in [4.78, 5) is 17.6. The Bertz CT molecular complexity index is 847. The average molecular weight is 462 g/mol. The summed E-state index contributed by atoms with van der Waals surface area (Å²) in [6.07, 6.45) is 0. The van der Waals surface area contributed by atoms with Gasteiger partial charge in [0, 0.05) is 15.8 Å². The Hall–Kier alpha value is -0.860. The number of thiazole rings is 1. The molecule has 0 amide bonds. The number of halogens is 2. The molecular weight excluding hydrogens is 448 g/mol. The molecule has 24 heavy (non-hydrogen) atoms. The third-order valence-corrected chi connectivity index (χ3v) is 5.55. The first-order valence-electron chi connectivity index (χ1n) is 6.73. The first-order chi connectivity index (χ1) is 11.5. The number of aromatic nitrogens is 1. The normalized spacial score (nSPS) is 10.0. The molecule has 0 bridgehead atoms. The molecule has 3 nitrogen and oxygen atoms in total. The number of nitrogens with one attached hydrogen (secondary N) is 1. The summed E-state index contributed by atoms with van der Waals surface area (Å²) in [6.45, 7) is 1.97. The lowest BCUT2D eigenvalue weighted by Crippen LogP contribution is -1.90. The Labute approximate surface area is 167 Å². The second-order valence-corrected chi connectivity index (χ2v) is 7.46. The number of carbonyl (C=O) groups excluding carboxylic acids is 1. The van der Waals surface area contributed by atoms with Crippen LogP contribution in [0.15, 0.2) is 35.7 Å². The standard InChI is InChI=1S/C15H11ClN2OS3.CH3Br/c1-8-9(6-13(22-8)14(19)20)12-7-21-15(18-12)17-11-5-3-2-4-10(11)16;1-2/h2-7H,1H3,(H,17,18)(H,19,20);1H3. The molecule has 2 heterocycles. The molecule has 0 aliphatic carbocycles. The summed E-state index contributed by atoms with van der Waals surface area (Å²) < 4.78 is 0. The molecule has 0 fully saturated rings. The minimum atomic E-state index is -0.219. The van der Waals surface area contributed by atoms with Gasteiger partial charge in [0.25, 0.3) is 0 Å². The predicted molar refractivity (Wildman–Crippen MR) is 113 cm³/mol. The van der Waals surface area contributed by atoms with Crippen LogP contribution >= 0.6 is 62.8 Å². The van der Waals surface area contributed by atoms with Crippen molar-refractivity contribution in [1.29, 1.82) is 0 Å².